The Morgan fingerprint density at radius 1 is 1.50 bits per heavy atom. The normalized spacial score (nSPS) is 16.1. The molecule has 106 valence electrons. The lowest BCUT2D eigenvalue weighted by atomic mass is 10.1. The monoisotopic (exact) mass is 277 g/mol. The Labute approximate surface area is 115 Å². The predicted octanol–water partition coefficient (Wildman–Crippen LogP) is 2.16. The number of benzene rings is 1. The van der Waals surface area contributed by atoms with Gasteiger partial charge < -0.3 is 15.0 Å². The first-order chi connectivity index (χ1) is 9.67. The van der Waals surface area contributed by atoms with Crippen molar-refractivity contribution >= 4 is 0 Å². The third kappa shape index (κ3) is 2.65. The molecule has 1 aromatic heterocycles. The van der Waals surface area contributed by atoms with Crippen molar-refractivity contribution in [2.45, 2.75) is 25.3 Å². The fourth-order valence-corrected chi connectivity index (χ4v) is 2.15. The van der Waals surface area contributed by atoms with Crippen molar-refractivity contribution in [3.63, 3.8) is 0 Å². The van der Waals surface area contributed by atoms with Crippen LogP contribution in [0.25, 0.3) is 11.4 Å². The molecule has 0 spiro atoms. The van der Waals surface area contributed by atoms with Crippen LogP contribution in [-0.4, -0.2) is 23.3 Å². The first-order valence-corrected chi connectivity index (χ1v) is 6.59. The molecule has 6 heteroatoms. The minimum Gasteiger partial charge on any atom is -0.494 e. The second kappa shape index (κ2) is 5.20. The molecular weight excluding hydrogens is 261 g/mol. The predicted molar refractivity (Wildman–Crippen MR) is 70.6 cm³/mol. The van der Waals surface area contributed by atoms with Crippen molar-refractivity contribution in [3.05, 3.63) is 29.9 Å². The number of hydrogen-bond acceptors (Lipinski definition) is 5. The van der Waals surface area contributed by atoms with Gasteiger partial charge in [0.2, 0.25) is 11.7 Å². The van der Waals surface area contributed by atoms with Crippen molar-refractivity contribution in [3.8, 4) is 17.1 Å². The molecule has 1 fully saturated rings. The van der Waals surface area contributed by atoms with E-state index in [9.17, 15) is 4.39 Å². The molecular formula is C14H16FN3O2. The molecule has 3 rings (SSSR count). The van der Waals surface area contributed by atoms with E-state index < -0.39 is 5.82 Å². The molecule has 1 heterocycles. The van der Waals surface area contributed by atoms with Gasteiger partial charge in [-0.2, -0.15) is 4.98 Å². The van der Waals surface area contributed by atoms with Crippen LogP contribution in [0, 0.1) is 11.7 Å². The molecule has 0 radical (unpaired) electrons. The highest BCUT2D eigenvalue weighted by Crippen LogP contribution is 2.33. The van der Waals surface area contributed by atoms with Gasteiger partial charge in [0, 0.05) is 18.0 Å². The van der Waals surface area contributed by atoms with E-state index in [1.54, 1.807) is 12.1 Å². The van der Waals surface area contributed by atoms with Crippen LogP contribution in [0.2, 0.25) is 0 Å². The van der Waals surface area contributed by atoms with Crippen molar-refractivity contribution in [2.75, 3.05) is 7.11 Å². The summed E-state index contributed by atoms with van der Waals surface area (Å²) in [6.45, 7) is 0. The molecule has 0 saturated heterocycles. The second-order valence-corrected chi connectivity index (χ2v) is 5.07. The van der Waals surface area contributed by atoms with Crippen LogP contribution in [0.4, 0.5) is 4.39 Å². The lowest BCUT2D eigenvalue weighted by molar-refractivity contribution is 0.363. The third-order valence-corrected chi connectivity index (χ3v) is 3.52. The highest BCUT2D eigenvalue weighted by Gasteiger charge is 2.29. The zero-order valence-corrected chi connectivity index (χ0v) is 11.2. The minimum atomic E-state index is -0.421. The van der Waals surface area contributed by atoms with Crippen molar-refractivity contribution in [1.82, 2.24) is 10.1 Å². The average molecular weight is 277 g/mol. The van der Waals surface area contributed by atoms with Crippen LogP contribution >= 0.6 is 0 Å². The van der Waals surface area contributed by atoms with Crippen LogP contribution < -0.4 is 10.5 Å². The lowest BCUT2D eigenvalue weighted by Gasteiger charge is -2.04. The summed E-state index contributed by atoms with van der Waals surface area (Å²) >= 11 is 0. The molecule has 1 atom stereocenters. The van der Waals surface area contributed by atoms with E-state index in [1.165, 1.54) is 26.0 Å². The van der Waals surface area contributed by atoms with Crippen LogP contribution in [0.1, 0.15) is 18.7 Å². The summed E-state index contributed by atoms with van der Waals surface area (Å²) in [5, 5.41) is 3.90. The topological polar surface area (TPSA) is 74.2 Å². The van der Waals surface area contributed by atoms with Crippen LogP contribution in [0.15, 0.2) is 22.7 Å². The fraction of sp³-hybridized carbons (Fsp3) is 0.429. The average Bonchev–Trinajstić information content (AvgIpc) is 3.20. The molecule has 0 aliphatic heterocycles. The van der Waals surface area contributed by atoms with Gasteiger partial charge in [0.05, 0.1) is 7.11 Å². The summed E-state index contributed by atoms with van der Waals surface area (Å²) in [7, 11) is 1.42. The van der Waals surface area contributed by atoms with Gasteiger partial charge in [-0.1, -0.05) is 5.16 Å². The maximum Gasteiger partial charge on any atom is 0.228 e. The minimum absolute atomic E-state index is 0.0750. The van der Waals surface area contributed by atoms with E-state index in [4.69, 9.17) is 15.0 Å². The molecule has 1 unspecified atom stereocenters. The van der Waals surface area contributed by atoms with Crippen molar-refractivity contribution < 1.29 is 13.7 Å². The zero-order valence-electron chi connectivity index (χ0n) is 11.2. The fourth-order valence-electron chi connectivity index (χ4n) is 2.15. The highest BCUT2D eigenvalue weighted by molar-refractivity contribution is 5.57. The summed E-state index contributed by atoms with van der Waals surface area (Å²) in [6.07, 6.45) is 2.94. The molecule has 0 amide bonds. The number of methoxy groups -OCH3 is 1. The maximum absolute atomic E-state index is 13.4. The van der Waals surface area contributed by atoms with Gasteiger partial charge >= 0.3 is 0 Å². The second-order valence-electron chi connectivity index (χ2n) is 5.07. The molecule has 1 saturated carbocycles. The van der Waals surface area contributed by atoms with Gasteiger partial charge in [0.1, 0.15) is 0 Å². The molecule has 1 aliphatic carbocycles. The Kier molecular flexibility index (Phi) is 3.40. The first kappa shape index (κ1) is 13.1. The van der Waals surface area contributed by atoms with Gasteiger partial charge in [-0.15, -0.1) is 0 Å². The Morgan fingerprint density at radius 2 is 2.30 bits per heavy atom. The Hall–Kier alpha value is -1.95. The lowest BCUT2D eigenvalue weighted by Crippen LogP contribution is -2.25. The molecule has 2 aromatic rings. The SMILES string of the molecule is COc1cc(-c2noc(CC(N)C3CC3)n2)ccc1F. The van der Waals surface area contributed by atoms with Gasteiger partial charge in [-0.05, 0) is 37.0 Å². The summed E-state index contributed by atoms with van der Waals surface area (Å²) in [6, 6.07) is 4.53. The summed E-state index contributed by atoms with van der Waals surface area (Å²) in [5.74, 6) is 1.25. The smallest absolute Gasteiger partial charge is 0.228 e. The van der Waals surface area contributed by atoms with E-state index >= 15 is 0 Å². The molecule has 2 N–H and O–H groups in total. The van der Waals surface area contributed by atoms with Gasteiger partial charge in [0.25, 0.3) is 0 Å². The van der Waals surface area contributed by atoms with E-state index in [1.807, 2.05) is 0 Å². The largest absolute Gasteiger partial charge is 0.494 e. The van der Waals surface area contributed by atoms with Gasteiger partial charge in [-0.25, -0.2) is 4.39 Å². The van der Waals surface area contributed by atoms with Gasteiger partial charge in [0.15, 0.2) is 11.6 Å². The van der Waals surface area contributed by atoms with E-state index in [0.717, 1.165) is 0 Å². The van der Waals surface area contributed by atoms with Crippen LogP contribution in [0.5, 0.6) is 5.75 Å². The molecule has 1 aliphatic rings. The van der Waals surface area contributed by atoms with Crippen LogP contribution in [-0.2, 0) is 6.42 Å². The van der Waals surface area contributed by atoms with Crippen molar-refractivity contribution in [1.29, 1.82) is 0 Å². The standard InChI is InChI=1S/C14H16FN3O2/c1-19-12-6-9(4-5-10(12)15)14-17-13(20-18-14)7-11(16)8-2-3-8/h4-6,8,11H,2-3,7,16H2,1H3. The molecule has 1 aromatic carbocycles. The number of halogens is 1. The third-order valence-electron chi connectivity index (χ3n) is 3.52. The summed E-state index contributed by atoms with van der Waals surface area (Å²) < 4.78 is 23.5. The summed E-state index contributed by atoms with van der Waals surface area (Å²) in [5.41, 5.74) is 6.68. The van der Waals surface area contributed by atoms with E-state index in [2.05, 4.69) is 10.1 Å². The first-order valence-electron chi connectivity index (χ1n) is 6.59. The van der Waals surface area contributed by atoms with Gasteiger partial charge in [-0.3, -0.25) is 0 Å². The Morgan fingerprint density at radius 3 is 3.00 bits per heavy atom. The zero-order chi connectivity index (χ0) is 14.1. The number of ether oxygens (including phenoxy) is 1. The molecule has 5 nitrogen and oxygen atoms in total. The summed E-state index contributed by atoms with van der Waals surface area (Å²) in [4.78, 5) is 4.30. The number of rotatable bonds is 5. The van der Waals surface area contributed by atoms with Crippen molar-refractivity contribution in [2.24, 2.45) is 11.7 Å². The Bertz CT molecular complexity index is 610. The van der Waals surface area contributed by atoms with Crippen LogP contribution in [0.3, 0.4) is 0 Å². The Balaban J connectivity index is 1.78. The number of nitrogens with two attached hydrogens (primary N) is 1. The number of nitrogens with zero attached hydrogens (tertiary/aromatic N) is 2. The quantitative estimate of drug-likeness (QED) is 0.906. The van der Waals surface area contributed by atoms with E-state index in [0.29, 0.717) is 29.6 Å². The number of aromatic nitrogens is 2. The van der Waals surface area contributed by atoms with E-state index in [-0.39, 0.29) is 11.8 Å². The maximum atomic E-state index is 13.4. The molecule has 0 bridgehead atoms. The highest BCUT2D eigenvalue weighted by atomic mass is 19.1. The number of hydrogen-bond donors (Lipinski definition) is 1. The molecule has 20 heavy (non-hydrogen) atoms.